The Bertz CT molecular complexity index is 819. The summed E-state index contributed by atoms with van der Waals surface area (Å²) in [5, 5.41) is 1.64. The molecular formula is C17H15ClN2S. The van der Waals surface area contributed by atoms with E-state index in [1.807, 2.05) is 18.2 Å². The Morgan fingerprint density at radius 2 is 1.90 bits per heavy atom. The first-order valence-electron chi connectivity index (χ1n) is 6.80. The fourth-order valence-corrected chi connectivity index (χ4v) is 2.93. The van der Waals surface area contributed by atoms with Gasteiger partial charge in [-0.2, -0.15) is 0 Å². The Morgan fingerprint density at radius 3 is 2.52 bits per heavy atom. The van der Waals surface area contributed by atoms with Gasteiger partial charge in [0.15, 0.2) is 0 Å². The molecule has 0 saturated carbocycles. The molecule has 0 aliphatic carbocycles. The van der Waals surface area contributed by atoms with Crippen molar-refractivity contribution in [2.75, 3.05) is 0 Å². The first-order chi connectivity index (χ1) is 10.1. The average Bonchev–Trinajstić information content (AvgIpc) is 2.86. The second-order valence-corrected chi connectivity index (χ2v) is 5.86. The van der Waals surface area contributed by atoms with Crippen LogP contribution in [0.2, 0.25) is 5.02 Å². The zero-order valence-corrected chi connectivity index (χ0v) is 13.2. The van der Waals surface area contributed by atoms with Crippen LogP contribution >= 0.6 is 23.8 Å². The van der Waals surface area contributed by atoms with E-state index in [0.717, 1.165) is 34.1 Å². The van der Waals surface area contributed by atoms with Crippen molar-refractivity contribution in [2.45, 2.75) is 13.3 Å². The Balaban J connectivity index is 2.25. The highest BCUT2D eigenvalue weighted by Gasteiger charge is 2.15. The lowest BCUT2D eigenvalue weighted by atomic mass is 10.0. The van der Waals surface area contributed by atoms with E-state index in [-0.39, 0.29) is 0 Å². The number of benzene rings is 2. The van der Waals surface area contributed by atoms with Gasteiger partial charge in [-0.3, -0.25) is 0 Å². The van der Waals surface area contributed by atoms with Gasteiger partial charge < -0.3 is 10.7 Å². The molecule has 2 aromatic carbocycles. The highest BCUT2D eigenvalue weighted by Crippen LogP contribution is 2.32. The van der Waals surface area contributed by atoms with Crippen molar-refractivity contribution in [2.24, 2.45) is 5.73 Å². The Morgan fingerprint density at radius 1 is 1.19 bits per heavy atom. The van der Waals surface area contributed by atoms with Crippen LogP contribution in [0.15, 0.2) is 42.5 Å². The van der Waals surface area contributed by atoms with Crippen molar-refractivity contribution in [1.29, 1.82) is 0 Å². The molecule has 0 unspecified atom stereocenters. The molecule has 0 radical (unpaired) electrons. The smallest absolute Gasteiger partial charge is 0.106 e. The molecule has 106 valence electrons. The number of thiocarbonyl (C=S) groups is 1. The lowest BCUT2D eigenvalue weighted by molar-refractivity contribution is 1.14. The minimum absolute atomic E-state index is 0.373. The van der Waals surface area contributed by atoms with Gasteiger partial charge in [0.2, 0.25) is 0 Å². The summed E-state index contributed by atoms with van der Waals surface area (Å²) in [6, 6.07) is 14.1. The van der Waals surface area contributed by atoms with Gasteiger partial charge in [0.05, 0.1) is 5.69 Å². The van der Waals surface area contributed by atoms with E-state index in [1.54, 1.807) is 0 Å². The van der Waals surface area contributed by atoms with Crippen LogP contribution in [0, 0.1) is 0 Å². The van der Waals surface area contributed by atoms with Crippen LogP contribution in [0.4, 0.5) is 0 Å². The van der Waals surface area contributed by atoms with Gasteiger partial charge in [-0.05, 0) is 35.7 Å². The van der Waals surface area contributed by atoms with E-state index >= 15 is 0 Å². The predicted octanol–water partition coefficient (Wildman–Crippen LogP) is 4.68. The van der Waals surface area contributed by atoms with Gasteiger partial charge in [-0.15, -0.1) is 0 Å². The molecule has 3 rings (SSSR count). The third-order valence-electron chi connectivity index (χ3n) is 3.66. The van der Waals surface area contributed by atoms with E-state index in [9.17, 15) is 0 Å². The Hall–Kier alpha value is -1.84. The van der Waals surface area contributed by atoms with Gasteiger partial charge in [-0.25, -0.2) is 0 Å². The SMILES string of the molecule is CCc1ccc(-c2[nH]c3ccc(Cl)cc3c2C(N)=S)cc1. The van der Waals surface area contributed by atoms with Gasteiger partial charge in [0, 0.05) is 21.5 Å². The van der Waals surface area contributed by atoms with Crippen LogP contribution in [0.3, 0.4) is 0 Å². The van der Waals surface area contributed by atoms with Crippen molar-refractivity contribution in [3.8, 4) is 11.3 Å². The second kappa shape index (κ2) is 5.51. The second-order valence-electron chi connectivity index (χ2n) is 4.98. The molecule has 1 aromatic heterocycles. The number of hydrogen-bond donors (Lipinski definition) is 2. The van der Waals surface area contributed by atoms with Crippen LogP contribution in [0.1, 0.15) is 18.1 Å². The molecular weight excluding hydrogens is 300 g/mol. The monoisotopic (exact) mass is 314 g/mol. The van der Waals surface area contributed by atoms with E-state index < -0.39 is 0 Å². The molecule has 2 nitrogen and oxygen atoms in total. The van der Waals surface area contributed by atoms with Gasteiger partial charge in [0.25, 0.3) is 0 Å². The number of hydrogen-bond acceptors (Lipinski definition) is 1. The van der Waals surface area contributed by atoms with Crippen molar-refractivity contribution < 1.29 is 0 Å². The van der Waals surface area contributed by atoms with Crippen LogP contribution in [-0.4, -0.2) is 9.97 Å². The van der Waals surface area contributed by atoms with Crippen molar-refractivity contribution in [1.82, 2.24) is 4.98 Å². The zero-order valence-electron chi connectivity index (χ0n) is 11.6. The molecule has 3 aromatic rings. The maximum absolute atomic E-state index is 6.09. The molecule has 0 fully saturated rings. The topological polar surface area (TPSA) is 41.8 Å². The summed E-state index contributed by atoms with van der Waals surface area (Å²) in [5.41, 5.74) is 11.1. The largest absolute Gasteiger partial charge is 0.389 e. The molecule has 21 heavy (non-hydrogen) atoms. The number of halogens is 1. The van der Waals surface area contributed by atoms with E-state index in [1.165, 1.54) is 5.56 Å². The number of nitrogens with one attached hydrogen (secondary N) is 1. The minimum atomic E-state index is 0.373. The molecule has 1 heterocycles. The molecule has 4 heteroatoms. The zero-order chi connectivity index (χ0) is 15.0. The number of nitrogens with two attached hydrogens (primary N) is 1. The standard InChI is InChI=1S/C17H15ClN2S/c1-2-10-3-5-11(6-4-10)16-15(17(19)21)13-9-12(18)7-8-14(13)20-16/h3-9,20H,2H2,1H3,(H2,19,21). The summed E-state index contributed by atoms with van der Waals surface area (Å²) in [5.74, 6) is 0. The Labute approximate surface area is 133 Å². The quantitative estimate of drug-likeness (QED) is 0.689. The summed E-state index contributed by atoms with van der Waals surface area (Å²) in [7, 11) is 0. The molecule has 0 spiro atoms. The van der Waals surface area contributed by atoms with Crippen molar-refractivity contribution >= 4 is 39.7 Å². The average molecular weight is 315 g/mol. The molecule has 0 aliphatic rings. The highest BCUT2D eigenvalue weighted by molar-refractivity contribution is 7.80. The third-order valence-corrected chi connectivity index (χ3v) is 4.10. The fourth-order valence-electron chi connectivity index (χ4n) is 2.54. The van der Waals surface area contributed by atoms with Crippen molar-refractivity contribution in [3.63, 3.8) is 0 Å². The van der Waals surface area contributed by atoms with Gasteiger partial charge in [-0.1, -0.05) is 55.0 Å². The summed E-state index contributed by atoms with van der Waals surface area (Å²) in [6.07, 6.45) is 1.02. The highest BCUT2D eigenvalue weighted by atomic mass is 35.5. The van der Waals surface area contributed by atoms with E-state index in [0.29, 0.717) is 10.0 Å². The predicted molar refractivity (Wildman–Crippen MR) is 94.0 cm³/mol. The number of H-pyrrole nitrogens is 1. The summed E-state index contributed by atoms with van der Waals surface area (Å²) in [6.45, 7) is 2.14. The molecule has 0 bridgehead atoms. The summed E-state index contributed by atoms with van der Waals surface area (Å²) in [4.78, 5) is 3.77. The van der Waals surface area contributed by atoms with Gasteiger partial charge >= 0.3 is 0 Å². The molecule has 0 aliphatic heterocycles. The number of aryl methyl sites for hydroxylation is 1. The summed E-state index contributed by atoms with van der Waals surface area (Å²) >= 11 is 11.3. The van der Waals surface area contributed by atoms with Crippen LogP contribution in [0.25, 0.3) is 22.2 Å². The lowest BCUT2D eigenvalue weighted by Gasteiger charge is -2.04. The molecule has 0 amide bonds. The van der Waals surface area contributed by atoms with Crippen molar-refractivity contribution in [3.05, 3.63) is 58.6 Å². The summed E-state index contributed by atoms with van der Waals surface area (Å²) < 4.78 is 0. The van der Waals surface area contributed by atoms with Gasteiger partial charge in [0.1, 0.15) is 4.99 Å². The van der Waals surface area contributed by atoms with Crippen LogP contribution < -0.4 is 5.73 Å². The molecule has 0 saturated heterocycles. The lowest BCUT2D eigenvalue weighted by Crippen LogP contribution is -2.10. The first kappa shape index (κ1) is 14.1. The maximum atomic E-state index is 6.09. The van der Waals surface area contributed by atoms with E-state index in [2.05, 4.69) is 36.2 Å². The number of rotatable bonds is 3. The van der Waals surface area contributed by atoms with Crippen LogP contribution in [-0.2, 0) is 6.42 Å². The Kier molecular flexibility index (Phi) is 3.70. The van der Waals surface area contributed by atoms with Crippen LogP contribution in [0.5, 0.6) is 0 Å². The molecule has 3 N–H and O–H groups in total. The number of aromatic nitrogens is 1. The number of aromatic amines is 1. The molecule has 0 atom stereocenters. The van der Waals surface area contributed by atoms with E-state index in [4.69, 9.17) is 29.6 Å². The number of fused-ring (bicyclic) bond motifs is 1. The third kappa shape index (κ3) is 2.55. The minimum Gasteiger partial charge on any atom is -0.389 e. The normalized spacial score (nSPS) is 11.0. The fraction of sp³-hybridized carbons (Fsp3) is 0.118. The first-order valence-corrected chi connectivity index (χ1v) is 7.59. The maximum Gasteiger partial charge on any atom is 0.106 e.